The predicted octanol–water partition coefficient (Wildman–Crippen LogP) is 0.969. The third-order valence-corrected chi connectivity index (χ3v) is 2.21. The van der Waals surface area contributed by atoms with Crippen LogP contribution in [-0.4, -0.2) is 10.2 Å². The zero-order chi connectivity index (χ0) is 8.43. The maximum absolute atomic E-state index is 12.7. The smallest absolute Gasteiger partial charge is 0.162 e. The minimum atomic E-state index is -1.10. The van der Waals surface area contributed by atoms with E-state index in [1.54, 1.807) is 0 Å². The minimum Gasteiger partial charge on any atom is -0.207 e. The number of benzene rings is 1. The van der Waals surface area contributed by atoms with Crippen molar-refractivity contribution in [2.75, 3.05) is 0 Å². The van der Waals surface area contributed by atoms with Crippen LogP contribution in [0.5, 0.6) is 0 Å². The molecular weight excluding hydrogens is 169 g/mol. The molecule has 1 rings (SSSR count). The lowest BCUT2D eigenvalue weighted by Crippen LogP contribution is -1.95. The first-order chi connectivity index (χ1) is 5.15. The van der Waals surface area contributed by atoms with Gasteiger partial charge in [-0.15, -0.1) is 0 Å². The maximum atomic E-state index is 12.7. The van der Waals surface area contributed by atoms with Crippen molar-refractivity contribution in [1.29, 1.82) is 0 Å². The molecule has 0 bridgehead atoms. The Kier molecular flexibility index (Phi) is 2.33. The van der Waals surface area contributed by atoms with E-state index in [2.05, 4.69) is 0 Å². The van der Waals surface area contributed by atoms with E-state index in [1.807, 2.05) is 0 Å². The molecule has 11 heavy (non-hydrogen) atoms. The molecule has 1 aromatic rings. The summed E-state index contributed by atoms with van der Waals surface area (Å²) >= 11 is 0. The summed E-state index contributed by atoms with van der Waals surface area (Å²) in [6, 6.07) is 2.02. The Hall–Kier alpha value is -0.773. The quantitative estimate of drug-likeness (QED) is 0.442. The summed E-state index contributed by atoms with van der Waals surface area (Å²) in [5, 5.41) is 0. The lowest BCUT2D eigenvalue weighted by molar-refractivity contribution is 0.488. The van der Waals surface area contributed by atoms with E-state index in [0.717, 1.165) is 6.07 Å². The highest BCUT2D eigenvalue weighted by molar-refractivity contribution is 6.08. The fourth-order valence-corrected chi connectivity index (χ4v) is 1.38. The monoisotopic (exact) mass is 176 g/mol. The molecule has 0 radical (unpaired) electrons. The van der Waals surface area contributed by atoms with Gasteiger partial charge in [-0.3, -0.25) is 0 Å². The fourth-order valence-electron chi connectivity index (χ4n) is 0.867. The summed E-state index contributed by atoms with van der Waals surface area (Å²) in [5.74, 6) is -2.73. The van der Waals surface area contributed by atoms with Crippen LogP contribution in [0.15, 0.2) is 12.1 Å². The van der Waals surface area contributed by atoms with Crippen molar-refractivity contribution >= 4 is 10.2 Å². The molecule has 0 nitrogen and oxygen atoms in total. The largest absolute Gasteiger partial charge is 0.207 e. The number of hydrogen-bond acceptors (Lipinski definition) is 0. The topological polar surface area (TPSA) is 0 Å². The van der Waals surface area contributed by atoms with Crippen LogP contribution in [0.1, 0.15) is 5.56 Å². The summed E-state index contributed by atoms with van der Waals surface area (Å²) in [5.41, 5.74) is 0.133. The average molecular weight is 176 g/mol. The maximum Gasteiger partial charge on any atom is 0.162 e. The van der Waals surface area contributed by atoms with Crippen LogP contribution in [0.3, 0.4) is 0 Å². The highest BCUT2D eigenvalue weighted by Crippen LogP contribution is 2.13. The predicted molar refractivity (Wildman–Crippen MR) is 40.0 cm³/mol. The van der Waals surface area contributed by atoms with Gasteiger partial charge < -0.3 is 0 Å². The van der Waals surface area contributed by atoms with E-state index < -0.39 is 17.5 Å². The fraction of sp³-hybridized carbons (Fsp3) is 0.143. The molecule has 0 saturated carbocycles. The molecule has 0 amide bonds. The highest BCUT2D eigenvalue weighted by atomic mass is 28.1. The van der Waals surface area contributed by atoms with Gasteiger partial charge in [0.05, 0.1) is 0 Å². The summed E-state index contributed by atoms with van der Waals surface area (Å²) in [7, 11) is 0.698. The Morgan fingerprint density at radius 3 is 2.36 bits per heavy atom. The van der Waals surface area contributed by atoms with Crippen LogP contribution in [-0.2, 0) is 6.04 Å². The molecule has 0 unspecified atom stereocenters. The number of hydrogen-bond donors (Lipinski definition) is 0. The Balaban J connectivity index is 3.24. The zero-order valence-electron chi connectivity index (χ0n) is 6.00. The SMILES string of the molecule is Fc1cc(F)c(F)c(C[SiH3])c1. The van der Waals surface area contributed by atoms with E-state index in [1.165, 1.54) is 0 Å². The van der Waals surface area contributed by atoms with Gasteiger partial charge in [0.25, 0.3) is 0 Å². The molecule has 0 aliphatic carbocycles. The summed E-state index contributed by atoms with van der Waals surface area (Å²) in [6.45, 7) is 0. The second kappa shape index (κ2) is 3.09. The molecule has 0 fully saturated rings. The molecular formula is C7H7F3Si. The van der Waals surface area contributed by atoms with Crippen LogP contribution in [0.25, 0.3) is 0 Å². The van der Waals surface area contributed by atoms with Crippen molar-refractivity contribution in [2.24, 2.45) is 0 Å². The first-order valence-electron chi connectivity index (χ1n) is 3.28. The average Bonchev–Trinajstić information content (AvgIpc) is 1.96. The van der Waals surface area contributed by atoms with Gasteiger partial charge in [0, 0.05) is 16.3 Å². The molecule has 0 N–H and O–H groups in total. The molecule has 0 aliphatic rings. The molecule has 0 saturated heterocycles. The molecule has 0 heterocycles. The molecule has 0 aliphatic heterocycles. The van der Waals surface area contributed by atoms with Crippen LogP contribution >= 0.6 is 0 Å². The zero-order valence-corrected chi connectivity index (χ0v) is 8.00. The van der Waals surface area contributed by atoms with E-state index in [-0.39, 0.29) is 5.56 Å². The van der Waals surface area contributed by atoms with Gasteiger partial charge in [-0.2, -0.15) is 0 Å². The third kappa shape index (κ3) is 1.62. The van der Waals surface area contributed by atoms with Crippen LogP contribution in [0.4, 0.5) is 13.2 Å². The van der Waals surface area contributed by atoms with Crippen LogP contribution in [0.2, 0.25) is 0 Å². The summed E-state index contributed by atoms with van der Waals surface area (Å²) in [6.07, 6.45) is 0. The Labute approximate surface area is 65.5 Å². The lowest BCUT2D eigenvalue weighted by Gasteiger charge is -1.99. The van der Waals surface area contributed by atoms with Gasteiger partial charge in [-0.25, -0.2) is 13.2 Å². The second-order valence-electron chi connectivity index (χ2n) is 2.21. The molecule has 1 aromatic carbocycles. The second-order valence-corrected chi connectivity index (χ2v) is 2.92. The normalized spacial score (nSPS) is 10.5. The standard InChI is InChI=1S/C7H7F3Si/c8-5-1-4(3-11)7(10)6(9)2-5/h1-2H,3H2,11H3. The van der Waals surface area contributed by atoms with E-state index in [9.17, 15) is 13.2 Å². The van der Waals surface area contributed by atoms with Crippen molar-refractivity contribution in [3.8, 4) is 0 Å². The van der Waals surface area contributed by atoms with Crippen molar-refractivity contribution in [1.82, 2.24) is 0 Å². The summed E-state index contributed by atoms with van der Waals surface area (Å²) < 4.78 is 37.5. The van der Waals surface area contributed by atoms with E-state index >= 15 is 0 Å². The van der Waals surface area contributed by atoms with E-state index in [0.29, 0.717) is 22.4 Å². The highest BCUT2D eigenvalue weighted by Gasteiger charge is 2.08. The van der Waals surface area contributed by atoms with Crippen molar-refractivity contribution < 1.29 is 13.2 Å². The van der Waals surface area contributed by atoms with Crippen LogP contribution < -0.4 is 0 Å². The van der Waals surface area contributed by atoms with Gasteiger partial charge in [-0.05, 0) is 17.7 Å². The number of halogens is 3. The number of rotatable bonds is 1. The minimum absolute atomic E-state index is 0.133. The third-order valence-electron chi connectivity index (χ3n) is 1.45. The van der Waals surface area contributed by atoms with Gasteiger partial charge in [-0.1, -0.05) is 0 Å². The van der Waals surface area contributed by atoms with Gasteiger partial charge >= 0.3 is 0 Å². The van der Waals surface area contributed by atoms with E-state index in [4.69, 9.17) is 0 Å². The Morgan fingerprint density at radius 1 is 1.18 bits per heavy atom. The Morgan fingerprint density at radius 2 is 1.82 bits per heavy atom. The molecule has 4 heteroatoms. The van der Waals surface area contributed by atoms with Crippen molar-refractivity contribution in [3.05, 3.63) is 35.1 Å². The van der Waals surface area contributed by atoms with Gasteiger partial charge in [0.1, 0.15) is 5.82 Å². The first-order valence-corrected chi connectivity index (χ1v) is 4.70. The summed E-state index contributed by atoms with van der Waals surface area (Å²) in [4.78, 5) is 0. The van der Waals surface area contributed by atoms with Gasteiger partial charge in [0.15, 0.2) is 11.6 Å². The first kappa shape index (κ1) is 8.32. The van der Waals surface area contributed by atoms with Crippen molar-refractivity contribution in [3.63, 3.8) is 0 Å². The lowest BCUT2D eigenvalue weighted by atomic mass is 10.2. The van der Waals surface area contributed by atoms with Gasteiger partial charge in [0.2, 0.25) is 0 Å². The van der Waals surface area contributed by atoms with Crippen LogP contribution in [0, 0.1) is 17.5 Å². The molecule has 0 atom stereocenters. The molecule has 0 aromatic heterocycles. The van der Waals surface area contributed by atoms with Crippen molar-refractivity contribution in [2.45, 2.75) is 6.04 Å². The molecule has 0 spiro atoms. The Bertz CT molecular complexity index is 273. The molecule has 60 valence electrons.